The molecule has 3 aliphatic carbocycles. The summed E-state index contributed by atoms with van der Waals surface area (Å²) in [5.74, 6) is 6.43. The Morgan fingerprint density at radius 2 is 2.00 bits per heavy atom. The molecule has 2 atom stereocenters. The third kappa shape index (κ3) is 4.30. The third-order valence-electron chi connectivity index (χ3n) is 7.71. The van der Waals surface area contributed by atoms with E-state index in [9.17, 15) is 9.90 Å². The standard InChI is InChI=1S/C28H37N3O2/c1-17-14-20-21(28(4,5)13-7-12-27(20,2)3)15-19(17)26(31-29)22-11-10-18(16-30-22)25-23(32)8-6-9-24(25)33/h7,10,12,15-17,22,32H,6,8-9,11,13-14,29H2,1-5H3/b31-26-. The molecular weight excluding hydrogens is 410 g/mol. The quantitative estimate of drug-likeness (QED) is 0.244. The van der Waals surface area contributed by atoms with Gasteiger partial charge in [0.15, 0.2) is 5.78 Å². The van der Waals surface area contributed by atoms with Gasteiger partial charge in [0.05, 0.1) is 17.3 Å². The maximum atomic E-state index is 12.4. The first-order chi connectivity index (χ1) is 15.5. The highest BCUT2D eigenvalue weighted by molar-refractivity contribution is 6.10. The number of carbonyl (C=O) groups is 1. The van der Waals surface area contributed by atoms with Crippen molar-refractivity contribution in [2.75, 3.05) is 0 Å². The second-order valence-corrected chi connectivity index (χ2v) is 11.1. The van der Waals surface area contributed by atoms with Crippen molar-refractivity contribution in [3.63, 3.8) is 0 Å². The number of Topliss-reactive ketones (excluding diaryl/α,β-unsaturated/α-hetero) is 1. The van der Waals surface area contributed by atoms with Crippen LogP contribution in [-0.2, 0) is 4.79 Å². The fourth-order valence-corrected chi connectivity index (χ4v) is 5.69. The van der Waals surface area contributed by atoms with Crippen molar-refractivity contribution in [3.05, 3.63) is 57.9 Å². The van der Waals surface area contributed by atoms with Crippen molar-refractivity contribution in [2.45, 2.75) is 79.2 Å². The predicted octanol–water partition coefficient (Wildman–Crippen LogP) is 5.91. The Kier molecular flexibility index (Phi) is 6.10. The van der Waals surface area contributed by atoms with E-state index in [-0.39, 0.29) is 28.4 Å². The van der Waals surface area contributed by atoms with E-state index >= 15 is 0 Å². The highest BCUT2D eigenvalue weighted by atomic mass is 16.3. The van der Waals surface area contributed by atoms with Gasteiger partial charge in [0, 0.05) is 30.0 Å². The minimum absolute atomic E-state index is 0.00230. The Hall–Kier alpha value is -2.69. The molecule has 4 aliphatic rings. The lowest BCUT2D eigenvalue weighted by Crippen LogP contribution is -2.32. The molecule has 0 saturated heterocycles. The van der Waals surface area contributed by atoms with Crippen LogP contribution in [0.2, 0.25) is 0 Å². The van der Waals surface area contributed by atoms with Crippen molar-refractivity contribution < 1.29 is 9.90 Å². The average Bonchev–Trinajstić information content (AvgIpc) is 2.83. The van der Waals surface area contributed by atoms with E-state index in [0.717, 1.165) is 29.7 Å². The maximum Gasteiger partial charge on any atom is 0.166 e. The van der Waals surface area contributed by atoms with E-state index in [1.165, 1.54) is 11.1 Å². The van der Waals surface area contributed by atoms with E-state index < -0.39 is 0 Å². The normalized spacial score (nSPS) is 29.5. The van der Waals surface area contributed by atoms with Crippen LogP contribution in [0, 0.1) is 16.7 Å². The zero-order chi connectivity index (χ0) is 24.0. The summed E-state index contributed by atoms with van der Waals surface area (Å²) >= 11 is 0. The largest absolute Gasteiger partial charge is 0.512 e. The van der Waals surface area contributed by atoms with Gasteiger partial charge >= 0.3 is 0 Å². The molecule has 0 aromatic carbocycles. The fraction of sp³-hybridized carbons (Fsp3) is 0.536. The zero-order valence-electron chi connectivity index (χ0n) is 20.6. The number of rotatable bonds is 3. The number of hydrogen-bond donors (Lipinski definition) is 2. The number of nitrogens with two attached hydrogens (primary N) is 1. The highest BCUT2D eigenvalue weighted by Crippen LogP contribution is 2.49. The average molecular weight is 448 g/mol. The van der Waals surface area contributed by atoms with Gasteiger partial charge in [-0.1, -0.05) is 64.5 Å². The van der Waals surface area contributed by atoms with Crippen LogP contribution >= 0.6 is 0 Å². The van der Waals surface area contributed by atoms with Crippen LogP contribution in [0.4, 0.5) is 0 Å². The summed E-state index contributed by atoms with van der Waals surface area (Å²) in [6.07, 6.45) is 15.1. The molecule has 0 radical (unpaired) electrons. The molecule has 0 fully saturated rings. The highest BCUT2D eigenvalue weighted by Gasteiger charge is 2.38. The molecule has 4 rings (SSSR count). The summed E-state index contributed by atoms with van der Waals surface area (Å²) in [7, 11) is 0. The van der Waals surface area contributed by atoms with E-state index in [4.69, 9.17) is 10.8 Å². The number of hydrazone groups is 1. The minimum Gasteiger partial charge on any atom is -0.512 e. The van der Waals surface area contributed by atoms with Gasteiger partial charge in [0.2, 0.25) is 0 Å². The molecule has 0 aromatic rings. The Morgan fingerprint density at radius 1 is 1.24 bits per heavy atom. The second-order valence-electron chi connectivity index (χ2n) is 11.1. The summed E-state index contributed by atoms with van der Waals surface area (Å²) < 4.78 is 0. The first kappa shape index (κ1) is 23.5. The summed E-state index contributed by atoms with van der Waals surface area (Å²) in [5.41, 5.74) is 6.10. The van der Waals surface area contributed by atoms with Gasteiger partial charge in [-0.05, 0) is 48.2 Å². The van der Waals surface area contributed by atoms with Gasteiger partial charge in [-0.3, -0.25) is 9.79 Å². The molecular formula is C28H37N3O2. The van der Waals surface area contributed by atoms with Crippen LogP contribution in [0.25, 0.3) is 0 Å². The molecule has 2 unspecified atom stereocenters. The Balaban J connectivity index is 1.66. The lowest BCUT2D eigenvalue weighted by atomic mass is 9.67. The zero-order valence-corrected chi connectivity index (χ0v) is 20.6. The molecule has 1 aliphatic heterocycles. The molecule has 0 spiro atoms. The Morgan fingerprint density at radius 3 is 2.64 bits per heavy atom. The predicted molar refractivity (Wildman–Crippen MR) is 135 cm³/mol. The van der Waals surface area contributed by atoms with Crippen LogP contribution in [0.3, 0.4) is 0 Å². The third-order valence-corrected chi connectivity index (χ3v) is 7.71. The molecule has 5 nitrogen and oxygen atoms in total. The molecule has 3 N–H and O–H groups in total. The first-order valence-electron chi connectivity index (χ1n) is 12.2. The van der Waals surface area contributed by atoms with Gasteiger partial charge in [-0.25, -0.2) is 0 Å². The van der Waals surface area contributed by atoms with Gasteiger partial charge < -0.3 is 10.9 Å². The van der Waals surface area contributed by atoms with Crippen molar-refractivity contribution in [3.8, 4) is 0 Å². The summed E-state index contributed by atoms with van der Waals surface area (Å²) in [6.45, 7) is 11.5. The molecule has 0 amide bonds. The molecule has 33 heavy (non-hydrogen) atoms. The minimum atomic E-state index is -0.184. The number of allylic oxidation sites excluding steroid dienone is 8. The number of aliphatic hydroxyl groups is 1. The SMILES string of the molecule is CC1CC2=C(C=C1/C(=N/N)C1CC=C(C3=C(O)CCCC3=O)C=N1)C(C)(C)CC=CC2(C)C. The lowest BCUT2D eigenvalue weighted by Gasteiger charge is -2.38. The lowest BCUT2D eigenvalue weighted by molar-refractivity contribution is -0.116. The molecule has 0 bridgehead atoms. The Bertz CT molecular complexity index is 1080. The van der Waals surface area contributed by atoms with Crippen LogP contribution < -0.4 is 5.84 Å². The molecule has 176 valence electrons. The van der Waals surface area contributed by atoms with E-state index in [1.54, 1.807) is 6.21 Å². The maximum absolute atomic E-state index is 12.4. The van der Waals surface area contributed by atoms with Crippen molar-refractivity contribution >= 4 is 17.7 Å². The van der Waals surface area contributed by atoms with Crippen LogP contribution in [-0.4, -0.2) is 28.9 Å². The van der Waals surface area contributed by atoms with E-state index in [2.05, 4.69) is 57.9 Å². The number of aliphatic imine (C=N–C) groups is 1. The van der Waals surface area contributed by atoms with Crippen LogP contribution in [0.1, 0.15) is 73.1 Å². The van der Waals surface area contributed by atoms with Crippen LogP contribution in [0.15, 0.2) is 68.0 Å². The van der Waals surface area contributed by atoms with Crippen molar-refractivity contribution in [1.29, 1.82) is 0 Å². The molecule has 5 heteroatoms. The van der Waals surface area contributed by atoms with E-state index in [1.807, 2.05) is 6.08 Å². The molecule has 0 saturated carbocycles. The van der Waals surface area contributed by atoms with E-state index in [0.29, 0.717) is 37.2 Å². The number of hydrogen-bond acceptors (Lipinski definition) is 5. The van der Waals surface area contributed by atoms with Crippen molar-refractivity contribution in [1.82, 2.24) is 0 Å². The number of aliphatic hydroxyl groups excluding tert-OH is 1. The Labute approximate surface area is 197 Å². The monoisotopic (exact) mass is 447 g/mol. The number of nitrogens with zero attached hydrogens (tertiary/aromatic N) is 2. The first-order valence-corrected chi connectivity index (χ1v) is 12.2. The van der Waals surface area contributed by atoms with Gasteiger partial charge in [-0.2, -0.15) is 5.10 Å². The van der Waals surface area contributed by atoms with Gasteiger partial charge in [0.1, 0.15) is 5.76 Å². The molecule has 0 aromatic heterocycles. The smallest absolute Gasteiger partial charge is 0.166 e. The van der Waals surface area contributed by atoms with Crippen LogP contribution in [0.5, 0.6) is 0 Å². The summed E-state index contributed by atoms with van der Waals surface area (Å²) in [5, 5.41) is 14.5. The van der Waals surface area contributed by atoms with Crippen molar-refractivity contribution in [2.24, 2.45) is 32.7 Å². The number of carbonyl (C=O) groups excluding carboxylic acids is 1. The number of ketones is 1. The fourth-order valence-electron chi connectivity index (χ4n) is 5.69. The second kappa shape index (κ2) is 8.58. The number of dihydropyridines is 1. The molecule has 1 heterocycles. The van der Waals surface area contributed by atoms with Gasteiger partial charge in [0.25, 0.3) is 0 Å². The topological polar surface area (TPSA) is 88.0 Å². The summed E-state index contributed by atoms with van der Waals surface area (Å²) in [6, 6.07) is -0.184. The van der Waals surface area contributed by atoms with Gasteiger partial charge in [-0.15, -0.1) is 0 Å². The summed E-state index contributed by atoms with van der Waals surface area (Å²) in [4.78, 5) is 17.1.